The van der Waals surface area contributed by atoms with Crippen molar-refractivity contribution in [2.75, 3.05) is 4.90 Å². The summed E-state index contributed by atoms with van der Waals surface area (Å²) in [5.41, 5.74) is 21.6. The first-order valence-electron chi connectivity index (χ1n) is 25.0. The maximum absolute atomic E-state index is 2.49. The van der Waals surface area contributed by atoms with Gasteiger partial charge in [-0.25, -0.2) is 0 Å². The van der Waals surface area contributed by atoms with Crippen LogP contribution in [0.4, 0.5) is 11.4 Å². The maximum atomic E-state index is 2.49. The lowest BCUT2D eigenvalue weighted by molar-refractivity contribution is 0.922. The third kappa shape index (κ3) is 7.99. The van der Waals surface area contributed by atoms with Crippen LogP contribution >= 0.6 is 0 Å². The van der Waals surface area contributed by atoms with E-state index >= 15 is 0 Å². The highest BCUT2D eigenvalue weighted by Gasteiger charge is 2.24. The Labute approximate surface area is 421 Å². The smallest absolute Gasteiger partial charge is 0.0553 e. The van der Waals surface area contributed by atoms with E-state index in [-0.39, 0.29) is 0 Å². The van der Waals surface area contributed by atoms with Crippen LogP contribution in [0.5, 0.6) is 0 Å². The molecule has 0 fully saturated rings. The van der Waals surface area contributed by atoms with Crippen molar-refractivity contribution in [3.8, 4) is 61.3 Å². The van der Waals surface area contributed by atoms with Gasteiger partial charge in [0.2, 0.25) is 0 Å². The number of benzene rings is 11. The van der Waals surface area contributed by atoms with Crippen molar-refractivity contribution in [1.29, 1.82) is 0 Å². The molecule has 0 saturated carbocycles. The molecular weight excluding hydrogens is 869 g/mol. The van der Waals surface area contributed by atoms with E-state index < -0.39 is 0 Å². The molecule has 1 aliphatic rings. The Kier molecular flexibility index (Phi) is 11.1. The van der Waals surface area contributed by atoms with Crippen molar-refractivity contribution in [2.24, 2.45) is 0 Å². The largest absolute Gasteiger partial charge is 0.314 e. The summed E-state index contributed by atoms with van der Waals surface area (Å²) in [6.45, 7) is 0. The first kappa shape index (κ1) is 42.8. The molecule has 0 aliphatic heterocycles. The van der Waals surface area contributed by atoms with Crippen molar-refractivity contribution in [1.82, 2.24) is 4.57 Å². The van der Waals surface area contributed by atoms with Gasteiger partial charge in [-0.2, -0.15) is 0 Å². The normalized spacial score (nSPS) is 12.5. The quantitative estimate of drug-likeness (QED) is 0.133. The number of fused-ring (bicyclic) bond motifs is 4. The highest BCUT2D eigenvalue weighted by atomic mass is 15.1. The van der Waals surface area contributed by atoms with E-state index in [0.29, 0.717) is 0 Å². The monoisotopic (exact) mass is 918 g/mol. The van der Waals surface area contributed by atoms with Crippen molar-refractivity contribution in [3.05, 3.63) is 290 Å². The Morgan fingerprint density at radius 3 is 1.36 bits per heavy atom. The molecule has 0 spiro atoms. The fourth-order valence-electron chi connectivity index (χ4n) is 11.0. The van der Waals surface area contributed by atoms with Crippen molar-refractivity contribution in [3.63, 3.8) is 0 Å². The van der Waals surface area contributed by atoms with E-state index in [1.165, 1.54) is 105 Å². The number of hydrogen-bond acceptors (Lipinski definition) is 1. The minimum atomic E-state index is 0.894. The first-order chi connectivity index (χ1) is 35.7. The molecule has 0 amide bonds. The first-order valence-corrected chi connectivity index (χ1v) is 25.0. The van der Waals surface area contributed by atoms with E-state index in [1.54, 1.807) is 0 Å². The van der Waals surface area contributed by atoms with Crippen LogP contribution in [0.25, 0.3) is 99.5 Å². The lowest BCUT2D eigenvalue weighted by atomic mass is 9.89. The minimum absolute atomic E-state index is 0.894. The molecule has 2 nitrogen and oxygen atoms in total. The molecule has 0 atom stereocenters. The SMILES string of the molecule is C1=C(c2c3ccccc3cc3c2c2ccccc2n3-c2ccccc2)C=C(N(c2ccc(-c3cccc(-c4ccccc4)c3)cc2)c2ccc(-c3cc(-c4ccccc4)cc(-c4ccccc4)c3)cc2)CC1. The topological polar surface area (TPSA) is 8.17 Å². The van der Waals surface area contributed by atoms with Gasteiger partial charge in [0.05, 0.1) is 11.0 Å². The van der Waals surface area contributed by atoms with Gasteiger partial charge in [0.15, 0.2) is 0 Å². The summed E-state index contributed by atoms with van der Waals surface area (Å²) in [7, 11) is 0. The fraction of sp³-hybridized carbons (Fsp3) is 0.0286. The Bertz CT molecular complexity index is 3920. The number of nitrogens with zero attached hydrogens (tertiary/aromatic N) is 2. The van der Waals surface area contributed by atoms with Crippen molar-refractivity contribution in [2.45, 2.75) is 12.8 Å². The second-order valence-electron chi connectivity index (χ2n) is 18.8. The number of para-hydroxylation sites is 2. The number of hydrogen-bond donors (Lipinski definition) is 0. The van der Waals surface area contributed by atoms with Crippen LogP contribution in [0.1, 0.15) is 18.4 Å². The summed E-state index contributed by atoms with van der Waals surface area (Å²) in [5, 5.41) is 5.02. The van der Waals surface area contributed by atoms with Crippen LogP contribution in [0.3, 0.4) is 0 Å². The number of anilines is 2. The lowest BCUT2D eigenvalue weighted by Gasteiger charge is -2.30. The van der Waals surface area contributed by atoms with E-state index in [1.807, 2.05) is 0 Å². The minimum Gasteiger partial charge on any atom is -0.314 e. The summed E-state index contributed by atoms with van der Waals surface area (Å²) in [5.74, 6) is 0. The molecule has 11 aromatic carbocycles. The molecule has 12 aromatic rings. The van der Waals surface area contributed by atoms with Crippen LogP contribution < -0.4 is 4.90 Å². The Morgan fingerprint density at radius 1 is 0.333 bits per heavy atom. The predicted molar refractivity (Wildman–Crippen MR) is 306 cm³/mol. The van der Waals surface area contributed by atoms with Crippen LogP contribution in [0, 0.1) is 0 Å². The lowest BCUT2D eigenvalue weighted by Crippen LogP contribution is -2.18. The molecule has 340 valence electrons. The molecule has 0 bridgehead atoms. The van der Waals surface area contributed by atoms with E-state index in [0.717, 1.165) is 29.9 Å². The van der Waals surface area contributed by atoms with Gasteiger partial charge in [0.25, 0.3) is 0 Å². The average molecular weight is 919 g/mol. The number of aromatic nitrogens is 1. The Balaban J connectivity index is 0.956. The van der Waals surface area contributed by atoms with Gasteiger partial charge in [-0.15, -0.1) is 0 Å². The standard InChI is InChI=1S/C70H50N2/c1-5-19-49(20-6-1)54-26-17-27-55(43-54)52-35-39-62(40-36-52)71(63-41-37-53(38-42-63)60-45-58(50-21-7-2-8-22-50)44-59(46-60)51-23-9-3-10-24-51)64-31-18-28-57(47-64)69-65-32-14-13-25-56(65)48-68-70(69)66-33-15-16-34-67(66)72(68)61-29-11-4-12-30-61/h1-17,19-30,32-48H,18,31H2. The summed E-state index contributed by atoms with van der Waals surface area (Å²) in [6, 6.07) is 97.4. The molecule has 13 rings (SSSR count). The molecule has 1 aromatic heterocycles. The van der Waals surface area contributed by atoms with Gasteiger partial charge in [-0.1, -0.05) is 200 Å². The summed E-state index contributed by atoms with van der Waals surface area (Å²) >= 11 is 0. The average Bonchev–Trinajstić information content (AvgIpc) is 3.79. The van der Waals surface area contributed by atoms with Gasteiger partial charge >= 0.3 is 0 Å². The van der Waals surface area contributed by atoms with E-state index in [9.17, 15) is 0 Å². The van der Waals surface area contributed by atoms with Crippen molar-refractivity contribution >= 4 is 49.5 Å². The van der Waals surface area contributed by atoms with E-state index in [2.05, 4.69) is 289 Å². The zero-order chi connectivity index (χ0) is 47.8. The van der Waals surface area contributed by atoms with Gasteiger partial charge in [0, 0.05) is 33.5 Å². The predicted octanol–water partition coefficient (Wildman–Crippen LogP) is 19.2. The molecule has 72 heavy (non-hydrogen) atoms. The zero-order valence-corrected chi connectivity index (χ0v) is 39.9. The summed E-state index contributed by atoms with van der Waals surface area (Å²) in [6.07, 6.45) is 6.75. The maximum Gasteiger partial charge on any atom is 0.0553 e. The highest BCUT2D eigenvalue weighted by Crippen LogP contribution is 2.45. The molecule has 0 N–H and O–H groups in total. The van der Waals surface area contributed by atoms with Gasteiger partial charge in [-0.05, 0) is 169 Å². The van der Waals surface area contributed by atoms with Crippen LogP contribution in [0.2, 0.25) is 0 Å². The molecule has 0 unspecified atom stereocenters. The molecule has 2 heteroatoms. The Hall–Kier alpha value is -9.24. The zero-order valence-electron chi connectivity index (χ0n) is 39.9. The van der Waals surface area contributed by atoms with Gasteiger partial charge < -0.3 is 9.47 Å². The third-order valence-corrected chi connectivity index (χ3v) is 14.4. The van der Waals surface area contributed by atoms with Gasteiger partial charge in [-0.3, -0.25) is 0 Å². The van der Waals surface area contributed by atoms with Crippen LogP contribution in [-0.2, 0) is 0 Å². The molecule has 1 heterocycles. The molecule has 0 radical (unpaired) electrons. The fourth-order valence-corrected chi connectivity index (χ4v) is 11.0. The summed E-state index contributed by atoms with van der Waals surface area (Å²) in [4.78, 5) is 2.49. The van der Waals surface area contributed by atoms with Crippen LogP contribution in [-0.4, -0.2) is 4.57 Å². The molecule has 1 aliphatic carbocycles. The van der Waals surface area contributed by atoms with Gasteiger partial charge in [0.1, 0.15) is 0 Å². The second kappa shape index (κ2) is 18.6. The second-order valence-corrected chi connectivity index (χ2v) is 18.8. The third-order valence-electron chi connectivity index (χ3n) is 14.4. The molecule has 0 saturated heterocycles. The highest BCUT2D eigenvalue weighted by molar-refractivity contribution is 6.21. The summed E-state index contributed by atoms with van der Waals surface area (Å²) < 4.78 is 2.44. The number of allylic oxidation sites excluding steroid dienone is 4. The molecular formula is C70H50N2. The number of rotatable bonds is 10. The Morgan fingerprint density at radius 2 is 0.778 bits per heavy atom. The van der Waals surface area contributed by atoms with Crippen LogP contribution in [0.15, 0.2) is 285 Å². The van der Waals surface area contributed by atoms with Crippen molar-refractivity contribution < 1.29 is 0 Å². The van der Waals surface area contributed by atoms with E-state index in [4.69, 9.17) is 0 Å².